The van der Waals surface area contributed by atoms with Crippen molar-refractivity contribution in [3.63, 3.8) is 0 Å². The maximum atomic E-state index is 11.2. The first kappa shape index (κ1) is 16.0. The van der Waals surface area contributed by atoms with E-state index in [0.29, 0.717) is 12.0 Å². The molecule has 0 heterocycles. The van der Waals surface area contributed by atoms with Crippen molar-refractivity contribution in [2.75, 3.05) is 6.54 Å². The summed E-state index contributed by atoms with van der Waals surface area (Å²) in [4.78, 5) is 0. The maximum Gasteiger partial charge on any atom is 0.0936 e. The highest BCUT2D eigenvalue weighted by Gasteiger charge is 2.50. The number of hydrogen-bond acceptors (Lipinski definition) is 2. The molecule has 1 atom stereocenters. The second-order valence-corrected chi connectivity index (χ2v) is 8.14. The highest BCUT2D eigenvalue weighted by molar-refractivity contribution is 9.10. The first-order valence-corrected chi connectivity index (χ1v) is 8.20. The van der Waals surface area contributed by atoms with Crippen molar-refractivity contribution >= 4 is 15.9 Å². The standard InChI is InChI=1S/C17H26BrNO/c1-15(2)8-10-17(12-19,11-9-15)16(3,20)13-4-6-14(18)7-5-13/h4-7,20H,8-12,19H2,1-3H3. The lowest BCUT2D eigenvalue weighted by Gasteiger charge is -2.51. The largest absolute Gasteiger partial charge is 0.385 e. The van der Waals surface area contributed by atoms with Crippen LogP contribution in [0.25, 0.3) is 0 Å². The molecule has 0 amide bonds. The zero-order valence-corrected chi connectivity index (χ0v) is 14.3. The number of benzene rings is 1. The summed E-state index contributed by atoms with van der Waals surface area (Å²) in [6.45, 7) is 7.08. The first-order valence-electron chi connectivity index (χ1n) is 7.41. The molecule has 1 saturated carbocycles. The third kappa shape index (κ3) is 2.81. The second-order valence-electron chi connectivity index (χ2n) is 7.23. The van der Waals surface area contributed by atoms with Crippen molar-refractivity contribution in [1.29, 1.82) is 0 Å². The fraction of sp³-hybridized carbons (Fsp3) is 0.647. The molecular weight excluding hydrogens is 314 g/mol. The Morgan fingerprint density at radius 3 is 2.10 bits per heavy atom. The third-order valence-corrected chi connectivity index (χ3v) is 5.92. The van der Waals surface area contributed by atoms with Crippen LogP contribution < -0.4 is 5.73 Å². The van der Waals surface area contributed by atoms with E-state index in [-0.39, 0.29) is 5.41 Å². The van der Waals surface area contributed by atoms with Crippen LogP contribution in [0.5, 0.6) is 0 Å². The molecule has 3 heteroatoms. The van der Waals surface area contributed by atoms with Gasteiger partial charge in [-0.2, -0.15) is 0 Å². The molecule has 1 unspecified atom stereocenters. The van der Waals surface area contributed by atoms with Crippen LogP contribution in [-0.4, -0.2) is 11.7 Å². The molecule has 0 radical (unpaired) electrons. The second kappa shape index (κ2) is 5.43. The maximum absolute atomic E-state index is 11.2. The Kier molecular flexibility index (Phi) is 4.35. The normalized spacial score (nSPS) is 24.1. The predicted molar refractivity (Wildman–Crippen MR) is 87.4 cm³/mol. The Bertz CT molecular complexity index is 454. The Morgan fingerprint density at radius 2 is 1.65 bits per heavy atom. The molecule has 2 rings (SSSR count). The molecule has 1 aromatic carbocycles. The van der Waals surface area contributed by atoms with E-state index >= 15 is 0 Å². The van der Waals surface area contributed by atoms with Gasteiger partial charge in [-0.25, -0.2) is 0 Å². The van der Waals surface area contributed by atoms with Crippen LogP contribution >= 0.6 is 15.9 Å². The SMILES string of the molecule is CC1(C)CCC(CN)(C(C)(O)c2ccc(Br)cc2)CC1. The fourth-order valence-corrected chi connectivity index (χ4v) is 3.64. The Morgan fingerprint density at radius 1 is 1.15 bits per heavy atom. The van der Waals surface area contributed by atoms with Crippen LogP contribution in [0.1, 0.15) is 52.0 Å². The number of hydrogen-bond donors (Lipinski definition) is 2. The highest BCUT2D eigenvalue weighted by atomic mass is 79.9. The summed E-state index contributed by atoms with van der Waals surface area (Å²) in [5.41, 5.74) is 6.36. The number of nitrogens with two attached hydrogens (primary N) is 1. The lowest BCUT2D eigenvalue weighted by molar-refractivity contribution is -0.105. The van der Waals surface area contributed by atoms with Gasteiger partial charge in [0.25, 0.3) is 0 Å². The molecule has 0 aliphatic heterocycles. The quantitative estimate of drug-likeness (QED) is 0.866. The molecule has 1 aliphatic rings. The van der Waals surface area contributed by atoms with Crippen LogP contribution in [0.15, 0.2) is 28.7 Å². The van der Waals surface area contributed by atoms with E-state index in [4.69, 9.17) is 5.73 Å². The van der Waals surface area contributed by atoms with Gasteiger partial charge in [0.05, 0.1) is 5.60 Å². The molecule has 20 heavy (non-hydrogen) atoms. The molecular formula is C17H26BrNO. The molecule has 0 aromatic heterocycles. The topological polar surface area (TPSA) is 46.2 Å². The lowest BCUT2D eigenvalue weighted by atomic mass is 9.57. The number of halogens is 1. The lowest BCUT2D eigenvalue weighted by Crippen LogP contribution is -2.51. The van der Waals surface area contributed by atoms with Gasteiger partial charge < -0.3 is 10.8 Å². The van der Waals surface area contributed by atoms with Gasteiger partial charge in [-0.15, -0.1) is 0 Å². The fourth-order valence-electron chi connectivity index (χ4n) is 3.38. The van der Waals surface area contributed by atoms with Crippen LogP contribution in [0.4, 0.5) is 0 Å². The highest BCUT2D eigenvalue weighted by Crippen LogP contribution is 2.53. The average molecular weight is 340 g/mol. The summed E-state index contributed by atoms with van der Waals surface area (Å²) in [6, 6.07) is 7.98. The van der Waals surface area contributed by atoms with Crippen molar-refractivity contribution in [3.8, 4) is 0 Å². The van der Waals surface area contributed by atoms with Crippen LogP contribution in [0.2, 0.25) is 0 Å². The molecule has 2 nitrogen and oxygen atoms in total. The Labute approximate surface area is 130 Å². The van der Waals surface area contributed by atoms with Gasteiger partial charge in [-0.3, -0.25) is 0 Å². The van der Waals surface area contributed by atoms with E-state index in [2.05, 4.69) is 29.8 Å². The number of aliphatic hydroxyl groups is 1. The van der Waals surface area contributed by atoms with E-state index in [1.165, 1.54) is 0 Å². The molecule has 1 aromatic rings. The van der Waals surface area contributed by atoms with E-state index in [9.17, 15) is 5.11 Å². The molecule has 1 fully saturated rings. The Hall–Kier alpha value is -0.380. The van der Waals surface area contributed by atoms with Gasteiger partial charge in [0.15, 0.2) is 0 Å². The van der Waals surface area contributed by atoms with Gasteiger partial charge in [0, 0.05) is 16.4 Å². The summed E-state index contributed by atoms with van der Waals surface area (Å²) >= 11 is 3.45. The van der Waals surface area contributed by atoms with E-state index < -0.39 is 5.60 Å². The molecule has 3 N–H and O–H groups in total. The average Bonchev–Trinajstić information content (AvgIpc) is 2.39. The van der Waals surface area contributed by atoms with Gasteiger partial charge in [0.1, 0.15) is 0 Å². The third-order valence-electron chi connectivity index (χ3n) is 5.39. The summed E-state index contributed by atoms with van der Waals surface area (Å²) < 4.78 is 1.03. The zero-order valence-electron chi connectivity index (χ0n) is 12.7. The zero-order chi connectivity index (χ0) is 15.0. The molecule has 0 saturated heterocycles. The van der Waals surface area contributed by atoms with Gasteiger partial charge in [-0.05, 0) is 55.7 Å². The molecule has 0 spiro atoms. The Balaban J connectivity index is 2.32. The van der Waals surface area contributed by atoms with Gasteiger partial charge in [-0.1, -0.05) is 41.9 Å². The smallest absolute Gasteiger partial charge is 0.0936 e. The van der Waals surface area contributed by atoms with E-state index in [1.807, 2.05) is 31.2 Å². The van der Waals surface area contributed by atoms with E-state index in [1.54, 1.807) is 0 Å². The number of rotatable bonds is 3. The summed E-state index contributed by atoms with van der Waals surface area (Å²) in [5.74, 6) is 0. The predicted octanol–water partition coefficient (Wildman–Crippen LogP) is 4.20. The molecule has 0 bridgehead atoms. The minimum absolute atomic E-state index is 0.212. The van der Waals surface area contributed by atoms with Crippen molar-refractivity contribution in [3.05, 3.63) is 34.3 Å². The summed E-state index contributed by atoms with van der Waals surface area (Å²) in [5, 5.41) is 11.2. The van der Waals surface area contributed by atoms with Crippen LogP contribution in [0.3, 0.4) is 0 Å². The molecule has 112 valence electrons. The van der Waals surface area contributed by atoms with Crippen molar-refractivity contribution in [1.82, 2.24) is 0 Å². The van der Waals surface area contributed by atoms with Crippen LogP contribution in [-0.2, 0) is 5.60 Å². The van der Waals surface area contributed by atoms with Crippen molar-refractivity contribution < 1.29 is 5.11 Å². The van der Waals surface area contributed by atoms with Crippen LogP contribution in [0, 0.1) is 10.8 Å². The summed E-state index contributed by atoms with van der Waals surface area (Å²) in [6.07, 6.45) is 4.22. The minimum atomic E-state index is -0.876. The first-order chi connectivity index (χ1) is 9.22. The summed E-state index contributed by atoms with van der Waals surface area (Å²) in [7, 11) is 0. The van der Waals surface area contributed by atoms with Crippen molar-refractivity contribution in [2.24, 2.45) is 16.6 Å². The minimum Gasteiger partial charge on any atom is -0.385 e. The van der Waals surface area contributed by atoms with Gasteiger partial charge >= 0.3 is 0 Å². The monoisotopic (exact) mass is 339 g/mol. The van der Waals surface area contributed by atoms with Gasteiger partial charge in [0.2, 0.25) is 0 Å². The van der Waals surface area contributed by atoms with E-state index in [0.717, 1.165) is 35.7 Å². The van der Waals surface area contributed by atoms with Crippen molar-refractivity contribution in [2.45, 2.75) is 52.1 Å². The molecule has 1 aliphatic carbocycles.